The molecule has 0 aliphatic rings. The van der Waals surface area contributed by atoms with Crippen LogP contribution in [-0.4, -0.2) is 39.3 Å². The number of benzene rings is 1. The number of carbonyl (C=O) groups excluding carboxylic acids is 1. The summed E-state index contributed by atoms with van der Waals surface area (Å²) in [6.45, 7) is 3.70. The van der Waals surface area contributed by atoms with Gasteiger partial charge < -0.3 is 15.1 Å². The molecule has 25 heavy (non-hydrogen) atoms. The molecule has 7 nitrogen and oxygen atoms in total. The summed E-state index contributed by atoms with van der Waals surface area (Å²) in [6, 6.07) is 8.10. The van der Waals surface area contributed by atoms with E-state index in [0.29, 0.717) is 11.4 Å². The average Bonchev–Trinajstić information content (AvgIpc) is 3.08. The molecule has 1 atom stereocenters. The summed E-state index contributed by atoms with van der Waals surface area (Å²) in [5.74, 6) is 0.452. The van der Waals surface area contributed by atoms with Crippen molar-refractivity contribution < 1.29 is 17.6 Å². The fraction of sp³-hybridized carbons (Fsp3) is 0.353. The van der Waals surface area contributed by atoms with Gasteiger partial charge in [0, 0.05) is 19.8 Å². The van der Waals surface area contributed by atoms with E-state index in [0.717, 1.165) is 9.87 Å². The van der Waals surface area contributed by atoms with Gasteiger partial charge in [-0.25, -0.2) is 12.7 Å². The lowest BCUT2D eigenvalue weighted by molar-refractivity contribution is -0.120. The molecule has 1 heterocycles. The van der Waals surface area contributed by atoms with E-state index < -0.39 is 10.0 Å². The fourth-order valence-corrected chi connectivity index (χ4v) is 3.17. The lowest BCUT2D eigenvalue weighted by atomic mass is 10.2. The number of nitrogens with one attached hydrogen (secondary N) is 2. The van der Waals surface area contributed by atoms with Gasteiger partial charge in [0.25, 0.3) is 0 Å². The van der Waals surface area contributed by atoms with Gasteiger partial charge in [0.2, 0.25) is 15.9 Å². The highest BCUT2D eigenvalue weighted by Gasteiger charge is 2.18. The molecule has 0 spiro atoms. The Morgan fingerprint density at radius 3 is 2.60 bits per heavy atom. The maximum atomic E-state index is 12.2. The van der Waals surface area contributed by atoms with E-state index >= 15 is 0 Å². The molecule has 0 radical (unpaired) electrons. The van der Waals surface area contributed by atoms with Crippen LogP contribution < -0.4 is 10.6 Å². The van der Waals surface area contributed by atoms with Gasteiger partial charge in [-0.05, 0) is 43.7 Å². The monoisotopic (exact) mass is 365 g/mol. The Balaban J connectivity index is 2.04. The number of carbonyl (C=O) groups is 1. The number of amides is 1. The molecule has 0 saturated carbocycles. The molecular weight excluding hydrogens is 342 g/mol. The van der Waals surface area contributed by atoms with Gasteiger partial charge in [0.1, 0.15) is 5.76 Å². The second-order valence-corrected chi connectivity index (χ2v) is 8.07. The van der Waals surface area contributed by atoms with Crippen LogP contribution in [0.2, 0.25) is 0 Å². The van der Waals surface area contributed by atoms with Crippen molar-refractivity contribution in [3.05, 3.63) is 47.9 Å². The van der Waals surface area contributed by atoms with Gasteiger partial charge in [-0.3, -0.25) is 4.79 Å². The second-order valence-electron chi connectivity index (χ2n) is 5.92. The molecule has 2 aromatic rings. The van der Waals surface area contributed by atoms with Crippen LogP contribution in [0.25, 0.3) is 0 Å². The zero-order valence-corrected chi connectivity index (χ0v) is 15.6. The van der Waals surface area contributed by atoms with Crippen molar-refractivity contribution in [1.82, 2.24) is 9.62 Å². The third-order valence-corrected chi connectivity index (χ3v) is 5.59. The van der Waals surface area contributed by atoms with Crippen LogP contribution in [0.3, 0.4) is 0 Å². The normalized spacial score (nSPS) is 12.8. The van der Waals surface area contributed by atoms with Crippen LogP contribution >= 0.6 is 0 Å². The van der Waals surface area contributed by atoms with Crippen LogP contribution in [0.4, 0.5) is 5.69 Å². The van der Waals surface area contributed by atoms with Crippen molar-refractivity contribution in [2.45, 2.75) is 24.8 Å². The quantitative estimate of drug-likeness (QED) is 0.784. The third kappa shape index (κ3) is 4.61. The van der Waals surface area contributed by atoms with Crippen molar-refractivity contribution in [2.75, 3.05) is 26.0 Å². The zero-order chi connectivity index (χ0) is 18.6. The van der Waals surface area contributed by atoms with E-state index in [1.54, 1.807) is 30.5 Å². The molecule has 1 aromatic carbocycles. The zero-order valence-electron chi connectivity index (χ0n) is 14.7. The Bertz CT molecular complexity index is 830. The minimum atomic E-state index is -3.52. The number of nitrogens with zero attached hydrogens (tertiary/aromatic N) is 1. The predicted molar refractivity (Wildman–Crippen MR) is 95.8 cm³/mol. The predicted octanol–water partition coefficient (Wildman–Crippen LogP) is 2.13. The molecule has 0 aliphatic heterocycles. The first kappa shape index (κ1) is 19.0. The first-order valence-corrected chi connectivity index (χ1v) is 9.25. The molecule has 1 amide bonds. The number of rotatable bonds is 7. The average molecular weight is 365 g/mol. The van der Waals surface area contributed by atoms with Crippen LogP contribution in [0, 0.1) is 6.92 Å². The van der Waals surface area contributed by atoms with Crippen LogP contribution in [0.5, 0.6) is 0 Å². The summed E-state index contributed by atoms with van der Waals surface area (Å²) in [5, 5.41) is 5.80. The van der Waals surface area contributed by atoms with E-state index in [4.69, 9.17) is 4.42 Å². The number of aryl methyl sites for hydroxylation is 1. The highest BCUT2D eigenvalue weighted by molar-refractivity contribution is 7.89. The summed E-state index contributed by atoms with van der Waals surface area (Å²) < 4.78 is 30.8. The van der Waals surface area contributed by atoms with E-state index in [1.165, 1.54) is 20.2 Å². The summed E-state index contributed by atoms with van der Waals surface area (Å²) >= 11 is 0. The maximum Gasteiger partial charge on any atom is 0.242 e. The van der Waals surface area contributed by atoms with E-state index in [9.17, 15) is 13.2 Å². The van der Waals surface area contributed by atoms with Gasteiger partial charge in [0.05, 0.1) is 23.7 Å². The Morgan fingerprint density at radius 1 is 1.28 bits per heavy atom. The number of hydrogen-bond acceptors (Lipinski definition) is 5. The van der Waals surface area contributed by atoms with Crippen molar-refractivity contribution in [1.29, 1.82) is 0 Å². The number of furan rings is 1. The second kappa shape index (κ2) is 7.71. The minimum absolute atomic E-state index is 0.0252. The molecule has 0 bridgehead atoms. The standard InChI is InChI=1S/C17H23N3O4S/c1-12-7-8-14(25(22,23)20(3)4)10-15(12)18-11-17(21)19-13(2)16-6-5-9-24-16/h5-10,13,18H,11H2,1-4H3,(H,19,21). The van der Waals surface area contributed by atoms with Gasteiger partial charge in [-0.2, -0.15) is 0 Å². The summed E-state index contributed by atoms with van der Waals surface area (Å²) in [7, 11) is -0.567. The van der Waals surface area contributed by atoms with Gasteiger partial charge >= 0.3 is 0 Å². The molecule has 1 aromatic heterocycles. The lowest BCUT2D eigenvalue weighted by Crippen LogP contribution is -2.32. The Kier molecular flexibility index (Phi) is 5.86. The smallest absolute Gasteiger partial charge is 0.242 e. The van der Waals surface area contributed by atoms with E-state index in [2.05, 4.69) is 10.6 Å². The van der Waals surface area contributed by atoms with Gasteiger partial charge in [-0.1, -0.05) is 6.07 Å². The number of sulfonamides is 1. The van der Waals surface area contributed by atoms with E-state index in [1.807, 2.05) is 13.8 Å². The lowest BCUT2D eigenvalue weighted by Gasteiger charge is -2.16. The summed E-state index contributed by atoms with van der Waals surface area (Å²) in [5.41, 5.74) is 1.45. The third-order valence-electron chi connectivity index (χ3n) is 3.77. The van der Waals surface area contributed by atoms with Crippen molar-refractivity contribution in [2.24, 2.45) is 0 Å². The molecular formula is C17H23N3O4S. The molecule has 2 rings (SSSR count). The summed E-state index contributed by atoms with van der Waals surface area (Å²) in [6.07, 6.45) is 1.55. The number of hydrogen-bond donors (Lipinski definition) is 2. The first-order valence-electron chi connectivity index (χ1n) is 7.81. The van der Waals surface area contributed by atoms with Gasteiger partial charge in [0.15, 0.2) is 0 Å². The van der Waals surface area contributed by atoms with E-state index in [-0.39, 0.29) is 23.4 Å². The van der Waals surface area contributed by atoms with Crippen molar-refractivity contribution in [3.63, 3.8) is 0 Å². The Labute approximate surface area is 148 Å². The molecule has 136 valence electrons. The molecule has 0 saturated heterocycles. The molecule has 8 heteroatoms. The summed E-state index contributed by atoms with van der Waals surface area (Å²) in [4.78, 5) is 12.3. The van der Waals surface area contributed by atoms with Crippen molar-refractivity contribution in [3.8, 4) is 0 Å². The van der Waals surface area contributed by atoms with Crippen molar-refractivity contribution >= 4 is 21.6 Å². The van der Waals surface area contributed by atoms with Crippen LogP contribution in [-0.2, 0) is 14.8 Å². The molecule has 0 aliphatic carbocycles. The Morgan fingerprint density at radius 2 is 2.00 bits per heavy atom. The molecule has 1 unspecified atom stereocenters. The number of anilines is 1. The highest BCUT2D eigenvalue weighted by atomic mass is 32.2. The largest absolute Gasteiger partial charge is 0.467 e. The molecule has 0 fully saturated rings. The minimum Gasteiger partial charge on any atom is -0.467 e. The van der Waals surface area contributed by atoms with Crippen LogP contribution in [0.15, 0.2) is 45.9 Å². The van der Waals surface area contributed by atoms with Gasteiger partial charge in [-0.15, -0.1) is 0 Å². The SMILES string of the molecule is Cc1ccc(S(=O)(=O)N(C)C)cc1NCC(=O)NC(C)c1ccco1. The molecule has 2 N–H and O–H groups in total. The fourth-order valence-electron chi connectivity index (χ4n) is 2.24. The van der Waals surface area contributed by atoms with Crippen LogP contribution in [0.1, 0.15) is 24.3 Å². The highest BCUT2D eigenvalue weighted by Crippen LogP contribution is 2.22. The first-order chi connectivity index (χ1) is 11.7. The Hall–Kier alpha value is -2.32. The topological polar surface area (TPSA) is 91.7 Å². The maximum absolute atomic E-state index is 12.2.